The van der Waals surface area contributed by atoms with Gasteiger partial charge in [-0.15, -0.1) is 0 Å². The third-order valence-corrected chi connectivity index (χ3v) is 3.57. The molecule has 4 heteroatoms. The summed E-state index contributed by atoms with van der Waals surface area (Å²) in [6.07, 6.45) is 2.68. The van der Waals surface area contributed by atoms with Crippen molar-refractivity contribution in [2.45, 2.75) is 32.7 Å². The van der Waals surface area contributed by atoms with Gasteiger partial charge in [0.2, 0.25) is 5.91 Å². The topological polar surface area (TPSA) is 35.6 Å². The first-order valence-electron chi connectivity index (χ1n) is 6.41. The van der Waals surface area contributed by atoms with Crippen LogP contribution in [0.1, 0.15) is 26.7 Å². The van der Waals surface area contributed by atoms with E-state index in [4.69, 9.17) is 0 Å². The Morgan fingerprint density at radius 1 is 1.38 bits per heavy atom. The van der Waals surface area contributed by atoms with Crippen molar-refractivity contribution in [1.29, 1.82) is 0 Å². The van der Waals surface area contributed by atoms with E-state index in [0.717, 1.165) is 19.8 Å². The summed E-state index contributed by atoms with van der Waals surface area (Å²) in [5.74, 6) is 0.836. The minimum absolute atomic E-state index is 0.0130. The van der Waals surface area contributed by atoms with Crippen molar-refractivity contribution in [1.82, 2.24) is 15.1 Å². The number of hydrogen-bond acceptors (Lipinski definition) is 3. The predicted octanol–water partition coefficient (Wildman–Crippen LogP) is 0.496. The summed E-state index contributed by atoms with van der Waals surface area (Å²) in [4.78, 5) is 16.2. The molecule has 0 bridgehead atoms. The summed E-state index contributed by atoms with van der Waals surface area (Å²) in [6, 6.07) is 0.0130. The number of likely N-dealkylation sites (tertiary alicyclic amines) is 1. The van der Waals surface area contributed by atoms with Crippen molar-refractivity contribution in [3.05, 3.63) is 0 Å². The molecule has 2 unspecified atom stereocenters. The van der Waals surface area contributed by atoms with Crippen LogP contribution >= 0.6 is 0 Å². The molecule has 0 aromatic carbocycles. The molecular formula is C12H23N3O. The van der Waals surface area contributed by atoms with Gasteiger partial charge in [-0.3, -0.25) is 10.1 Å². The van der Waals surface area contributed by atoms with Gasteiger partial charge in [-0.1, -0.05) is 6.92 Å². The summed E-state index contributed by atoms with van der Waals surface area (Å²) in [5, 5.41) is 3.18. The first-order valence-corrected chi connectivity index (χ1v) is 6.41. The van der Waals surface area contributed by atoms with Crippen LogP contribution in [0.5, 0.6) is 0 Å². The Balaban J connectivity index is 1.74. The van der Waals surface area contributed by atoms with Gasteiger partial charge in [-0.05, 0) is 38.8 Å². The molecular weight excluding hydrogens is 202 g/mol. The Morgan fingerprint density at radius 2 is 2.06 bits per heavy atom. The van der Waals surface area contributed by atoms with Crippen LogP contribution in [0.25, 0.3) is 0 Å². The Hall–Kier alpha value is -0.610. The van der Waals surface area contributed by atoms with E-state index in [0.29, 0.717) is 5.92 Å². The van der Waals surface area contributed by atoms with Crippen molar-refractivity contribution in [3.63, 3.8) is 0 Å². The summed E-state index contributed by atoms with van der Waals surface area (Å²) >= 11 is 0. The second-order valence-corrected chi connectivity index (χ2v) is 5.26. The van der Waals surface area contributed by atoms with E-state index in [1.807, 2.05) is 11.8 Å². The number of nitrogens with zero attached hydrogens (tertiary/aromatic N) is 2. The van der Waals surface area contributed by atoms with Crippen LogP contribution in [-0.2, 0) is 4.79 Å². The van der Waals surface area contributed by atoms with Gasteiger partial charge >= 0.3 is 0 Å². The Morgan fingerprint density at radius 3 is 2.62 bits per heavy atom. The average Bonchev–Trinajstić information content (AvgIpc) is 2.83. The molecule has 0 radical (unpaired) electrons. The number of nitrogens with one attached hydrogen (secondary N) is 1. The van der Waals surface area contributed by atoms with Gasteiger partial charge in [-0.25, -0.2) is 0 Å². The van der Waals surface area contributed by atoms with Crippen LogP contribution in [-0.4, -0.2) is 54.6 Å². The van der Waals surface area contributed by atoms with Crippen LogP contribution in [0.4, 0.5) is 0 Å². The molecule has 16 heavy (non-hydrogen) atoms. The number of hydrogen-bond donors (Lipinski definition) is 1. The lowest BCUT2D eigenvalue weighted by Gasteiger charge is -2.24. The molecule has 0 aromatic heterocycles. The van der Waals surface area contributed by atoms with Crippen LogP contribution in [0, 0.1) is 5.92 Å². The second kappa shape index (κ2) is 5.15. The molecule has 2 aliphatic heterocycles. The fourth-order valence-electron chi connectivity index (χ4n) is 2.68. The third-order valence-electron chi connectivity index (χ3n) is 3.57. The third kappa shape index (κ3) is 2.74. The molecule has 2 aliphatic rings. The molecule has 2 fully saturated rings. The van der Waals surface area contributed by atoms with E-state index in [2.05, 4.69) is 17.1 Å². The lowest BCUT2D eigenvalue weighted by atomic mass is 10.1. The quantitative estimate of drug-likeness (QED) is 0.756. The number of rotatable bonds is 4. The van der Waals surface area contributed by atoms with Crippen LogP contribution < -0.4 is 5.32 Å². The fraction of sp³-hybridized carbons (Fsp3) is 0.917. The maximum Gasteiger partial charge on any atom is 0.240 e. The number of carbonyl (C=O) groups is 1. The van der Waals surface area contributed by atoms with Crippen molar-refractivity contribution < 1.29 is 4.79 Å². The van der Waals surface area contributed by atoms with E-state index in [-0.39, 0.29) is 11.9 Å². The fourth-order valence-corrected chi connectivity index (χ4v) is 2.68. The largest absolute Gasteiger partial charge is 0.328 e. The van der Waals surface area contributed by atoms with Crippen molar-refractivity contribution >= 4 is 5.91 Å². The van der Waals surface area contributed by atoms with Crippen molar-refractivity contribution in [2.75, 3.05) is 32.8 Å². The lowest BCUT2D eigenvalue weighted by Crippen LogP contribution is -2.36. The zero-order valence-electron chi connectivity index (χ0n) is 10.4. The van der Waals surface area contributed by atoms with Crippen LogP contribution in [0.2, 0.25) is 0 Å². The molecule has 1 amide bonds. The summed E-state index contributed by atoms with van der Waals surface area (Å²) in [7, 11) is 0. The highest BCUT2D eigenvalue weighted by molar-refractivity contribution is 5.83. The second-order valence-electron chi connectivity index (χ2n) is 5.26. The highest BCUT2D eigenvalue weighted by Crippen LogP contribution is 2.12. The number of amides is 1. The SMILES string of the molecule is CC(CN1CCCC1)CN1CNC(C)C1=O. The molecule has 0 saturated carbocycles. The minimum Gasteiger partial charge on any atom is -0.328 e. The standard InChI is InChI=1S/C12H23N3O/c1-10(7-14-5-3-4-6-14)8-15-9-13-11(2)12(15)16/h10-11,13H,3-9H2,1-2H3. The lowest BCUT2D eigenvalue weighted by molar-refractivity contribution is -0.129. The van der Waals surface area contributed by atoms with E-state index in [1.54, 1.807) is 0 Å². The summed E-state index contributed by atoms with van der Waals surface area (Å²) < 4.78 is 0. The summed E-state index contributed by atoms with van der Waals surface area (Å²) in [6.45, 7) is 9.43. The molecule has 2 atom stereocenters. The van der Waals surface area contributed by atoms with E-state index >= 15 is 0 Å². The van der Waals surface area contributed by atoms with Gasteiger partial charge in [0.1, 0.15) is 0 Å². The molecule has 4 nitrogen and oxygen atoms in total. The first kappa shape index (κ1) is 11.9. The van der Waals surface area contributed by atoms with Gasteiger partial charge in [0.25, 0.3) is 0 Å². The Labute approximate surface area is 98.0 Å². The normalized spacial score (nSPS) is 29.0. The molecule has 1 N–H and O–H groups in total. The maximum atomic E-state index is 11.7. The van der Waals surface area contributed by atoms with E-state index in [1.165, 1.54) is 25.9 Å². The summed E-state index contributed by atoms with van der Waals surface area (Å²) in [5.41, 5.74) is 0. The first-order chi connectivity index (χ1) is 7.66. The van der Waals surface area contributed by atoms with Gasteiger partial charge in [-0.2, -0.15) is 0 Å². The molecule has 2 rings (SSSR count). The van der Waals surface area contributed by atoms with Gasteiger partial charge in [0.15, 0.2) is 0 Å². The van der Waals surface area contributed by atoms with Crippen LogP contribution in [0.3, 0.4) is 0 Å². The van der Waals surface area contributed by atoms with E-state index in [9.17, 15) is 4.79 Å². The maximum absolute atomic E-state index is 11.7. The van der Waals surface area contributed by atoms with Gasteiger partial charge in [0.05, 0.1) is 12.7 Å². The molecule has 2 heterocycles. The Kier molecular flexibility index (Phi) is 3.82. The highest BCUT2D eigenvalue weighted by atomic mass is 16.2. The minimum atomic E-state index is 0.0130. The predicted molar refractivity (Wildman–Crippen MR) is 64.0 cm³/mol. The molecule has 0 aliphatic carbocycles. The smallest absolute Gasteiger partial charge is 0.240 e. The average molecular weight is 225 g/mol. The zero-order valence-corrected chi connectivity index (χ0v) is 10.4. The monoisotopic (exact) mass is 225 g/mol. The van der Waals surface area contributed by atoms with Gasteiger partial charge < -0.3 is 9.80 Å². The molecule has 0 aromatic rings. The number of carbonyl (C=O) groups excluding carboxylic acids is 1. The molecule has 92 valence electrons. The Bertz CT molecular complexity index is 251. The van der Waals surface area contributed by atoms with Crippen molar-refractivity contribution in [3.8, 4) is 0 Å². The molecule has 0 spiro atoms. The molecule has 2 saturated heterocycles. The van der Waals surface area contributed by atoms with Crippen LogP contribution in [0.15, 0.2) is 0 Å². The van der Waals surface area contributed by atoms with Gasteiger partial charge in [0, 0.05) is 13.1 Å². The van der Waals surface area contributed by atoms with Crippen molar-refractivity contribution in [2.24, 2.45) is 5.92 Å². The zero-order chi connectivity index (χ0) is 11.5. The highest BCUT2D eigenvalue weighted by Gasteiger charge is 2.28. The van der Waals surface area contributed by atoms with E-state index < -0.39 is 0 Å².